The van der Waals surface area contributed by atoms with Gasteiger partial charge >= 0.3 is 0 Å². The van der Waals surface area contributed by atoms with Crippen LogP contribution >= 0.6 is 11.8 Å². The second-order valence-corrected chi connectivity index (χ2v) is 6.07. The molecule has 0 unspecified atom stereocenters. The largest absolute Gasteiger partial charge is 0.488 e. The molecule has 7 heteroatoms. The first-order chi connectivity index (χ1) is 11.6. The number of hydrogen-bond donors (Lipinski definition) is 2. The standard InChI is InChI=1S/C17H19FN2O3S/c1-2-7-23-16-9-19-14(8-15(16)21)10-24-11-17(22)20-13-5-3-12(18)4-6-13/h3-6,8-9H,2,7,10-11H2,1H3,(H,19,21)(H,20,22). The van der Waals surface area contributed by atoms with Crippen LogP contribution in [0.25, 0.3) is 0 Å². The highest BCUT2D eigenvalue weighted by Crippen LogP contribution is 2.13. The average Bonchev–Trinajstić information content (AvgIpc) is 2.56. The van der Waals surface area contributed by atoms with Gasteiger partial charge in [0.1, 0.15) is 5.82 Å². The fourth-order valence-electron chi connectivity index (χ4n) is 1.89. The van der Waals surface area contributed by atoms with E-state index in [-0.39, 0.29) is 22.9 Å². The van der Waals surface area contributed by atoms with Gasteiger partial charge in [-0.25, -0.2) is 4.39 Å². The van der Waals surface area contributed by atoms with E-state index in [0.717, 1.165) is 12.1 Å². The molecule has 2 rings (SSSR count). The molecule has 0 saturated carbocycles. The van der Waals surface area contributed by atoms with Crippen LogP contribution in [0.15, 0.2) is 41.3 Å². The third-order valence-electron chi connectivity index (χ3n) is 3.02. The van der Waals surface area contributed by atoms with E-state index in [1.165, 1.54) is 42.1 Å². The van der Waals surface area contributed by atoms with E-state index in [1.807, 2.05) is 6.92 Å². The Morgan fingerprint density at radius 1 is 1.33 bits per heavy atom. The molecule has 0 fully saturated rings. The molecule has 0 radical (unpaired) electrons. The number of aromatic amines is 1. The van der Waals surface area contributed by atoms with Crippen LogP contribution in [0.2, 0.25) is 0 Å². The Hall–Kier alpha value is -2.28. The van der Waals surface area contributed by atoms with Gasteiger partial charge in [-0.15, -0.1) is 11.8 Å². The number of carbonyl (C=O) groups is 1. The molecule has 0 bridgehead atoms. The quantitative estimate of drug-likeness (QED) is 0.767. The van der Waals surface area contributed by atoms with Crippen molar-refractivity contribution in [1.29, 1.82) is 0 Å². The maximum atomic E-state index is 12.8. The Kier molecular flexibility index (Phi) is 6.87. The van der Waals surface area contributed by atoms with Crippen LogP contribution in [0.3, 0.4) is 0 Å². The van der Waals surface area contributed by atoms with Crippen molar-refractivity contribution in [2.45, 2.75) is 19.1 Å². The maximum absolute atomic E-state index is 12.8. The molecule has 0 saturated heterocycles. The zero-order valence-electron chi connectivity index (χ0n) is 13.3. The molecule has 0 aliphatic carbocycles. The minimum atomic E-state index is -0.349. The lowest BCUT2D eigenvalue weighted by molar-refractivity contribution is -0.113. The van der Waals surface area contributed by atoms with E-state index in [1.54, 1.807) is 6.20 Å². The smallest absolute Gasteiger partial charge is 0.234 e. The number of H-pyrrole nitrogens is 1. The number of rotatable bonds is 8. The normalized spacial score (nSPS) is 10.4. The van der Waals surface area contributed by atoms with Gasteiger partial charge in [0.15, 0.2) is 5.75 Å². The second-order valence-electron chi connectivity index (χ2n) is 5.08. The topological polar surface area (TPSA) is 71.2 Å². The zero-order chi connectivity index (χ0) is 17.4. The minimum absolute atomic E-state index is 0.173. The van der Waals surface area contributed by atoms with Crippen LogP contribution in [-0.2, 0) is 10.5 Å². The van der Waals surface area contributed by atoms with Crippen molar-refractivity contribution in [2.75, 3.05) is 17.7 Å². The molecule has 2 N–H and O–H groups in total. The molecule has 1 aromatic heterocycles. The molecule has 2 aromatic rings. The molecular formula is C17H19FN2O3S. The summed E-state index contributed by atoms with van der Waals surface area (Å²) in [5.74, 6) is 0.502. The number of carbonyl (C=O) groups excluding carboxylic acids is 1. The van der Waals surface area contributed by atoms with Gasteiger partial charge in [-0.05, 0) is 30.7 Å². The summed E-state index contributed by atoms with van der Waals surface area (Å²) >= 11 is 1.37. The van der Waals surface area contributed by atoms with E-state index in [4.69, 9.17) is 4.74 Å². The lowest BCUT2D eigenvalue weighted by Gasteiger charge is -2.07. The summed E-state index contributed by atoms with van der Waals surface area (Å²) in [6.45, 7) is 2.47. The van der Waals surface area contributed by atoms with E-state index in [9.17, 15) is 14.0 Å². The van der Waals surface area contributed by atoms with Gasteiger partial charge in [-0.1, -0.05) is 6.92 Å². The van der Waals surface area contributed by atoms with Crippen molar-refractivity contribution in [3.8, 4) is 5.75 Å². The summed E-state index contributed by atoms with van der Waals surface area (Å²) in [6.07, 6.45) is 2.38. The predicted octanol–water partition coefficient (Wildman–Crippen LogP) is 3.17. The third-order valence-corrected chi connectivity index (χ3v) is 4.00. The van der Waals surface area contributed by atoms with Crippen LogP contribution in [0, 0.1) is 5.82 Å². The molecule has 1 heterocycles. The lowest BCUT2D eigenvalue weighted by atomic mass is 10.3. The van der Waals surface area contributed by atoms with E-state index < -0.39 is 0 Å². The second kappa shape index (κ2) is 9.12. The summed E-state index contributed by atoms with van der Waals surface area (Å²) < 4.78 is 18.1. The number of thioether (sulfide) groups is 1. The maximum Gasteiger partial charge on any atom is 0.234 e. The van der Waals surface area contributed by atoms with E-state index in [0.29, 0.717) is 23.8 Å². The molecule has 1 aromatic carbocycles. The van der Waals surface area contributed by atoms with Crippen molar-refractivity contribution in [3.63, 3.8) is 0 Å². The Bertz CT molecular complexity index is 731. The van der Waals surface area contributed by atoms with Crippen LogP contribution < -0.4 is 15.5 Å². The first-order valence-electron chi connectivity index (χ1n) is 7.56. The summed E-state index contributed by atoms with van der Waals surface area (Å²) in [5.41, 5.74) is 1.10. The molecule has 5 nitrogen and oxygen atoms in total. The number of hydrogen-bond acceptors (Lipinski definition) is 4. The third kappa shape index (κ3) is 5.73. The molecular weight excluding hydrogens is 331 g/mol. The minimum Gasteiger partial charge on any atom is -0.488 e. The monoisotopic (exact) mass is 350 g/mol. The number of halogens is 1. The number of ether oxygens (including phenoxy) is 1. The molecule has 0 atom stereocenters. The first kappa shape index (κ1) is 18.1. The Balaban J connectivity index is 1.79. The Morgan fingerprint density at radius 3 is 2.75 bits per heavy atom. The first-order valence-corrected chi connectivity index (χ1v) is 8.71. The number of aromatic nitrogens is 1. The van der Waals surface area contributed by atoms with Crippen LogP contribution in [-0.4, -0.2) is 23.3 Å². The molecule has 24 heavy (non-hydrogen) atoms. The van der Waals surface area contributed by atoms with Crippen LogP contribution in [0.4, 0.5) is 10.1 Å². The Morgan fingerprint density at radius 2 is 2.08 bits per heavy atom. The van der Waals surface area contributed by atoms with Crippen molar-refractivity contribution in [2.24, 2.45) is 0 Å². The van der Waals surface area contributed by atoms with Crippen LogP contribution in [0.5, 0.6) is 5.75 Å². The predicted molar refractivity (Wildman–Crippen MR) is 94.0 cm³/mol. The summed E-state index contributed by atoms with van der Waals surface area (Å²) in [4.78, 5) is 26.7. The van der Waals surface area contributed by atoms with Crippen LogP contribution in [0.1, 0.15) is 19.0 Å². The van der Waals surface area contributed by atoms with Crippen molar-refractivity contribution in [1.82, 2.24) is 4.98 Å². The van der Waals surface area contributed by atoms with Gasteiger partial charge < -0.3 is 15.0 Å². The highest BCUT2D eigenvalue weighted by Gasteiger charge is 2.06. The number of anilines is 1. The number of pyridine rings is 1. The highest BCUT2D eigenvalue weighted by atomic mass is 32.2. The van der Waals surface area contributed by atoms with Crippen molar-refractivity contribution < 1.29 is 13.9 Å². The summed E-state index contributed by atoms with van der Waals surface area (Å²) in [6, 6.07) is 7.07. The summed E-state index contributed by atoms with van der Waals surface area (Å²) in [5, 5.41) is 2.68. The SMILES string of the molecule is CCCOc1c[nH]c(CSCC(=O)Nc2ccc(F)cc2)cc1=O. The molecule has 0 spiro atoms. The molecule has 0 aliphatic heterocycles. The fraction of sp³-hybridized carbons (Fsp3) is 0.294. The van der Waals surface area contributed by atoms with Gasteiger partial charge in [0.2, 0.25) is 11.3 Å². The lowest BCUT2D eigenvalue weighted by Crippen LogP contribution is -2.14. The van der Waals surface area contributed by atoms with Gasteiger partial charge in [0.25, 0.3) is 0 Å². The van der Waals surface area contributed by atoms with Crippen molar-refractivity contribution >= 4 is 23.4 Å². The summed E-state index contributed by atoms with van der Waals surface area (Å²) in [7, 11) is 0. The van der Waals surface area contributed by atoms with Crippen molar-refractivity contribution in [3.05, 3.63) is 58.3 Å². The Labute approximate surface area is 143 Å². The number of nitrogens with one attached hydrogen (secondary N) is 2. The molecule has 1 amide bonds. The van der Waals surface area contributed by atoms with Gasteiger partial charge in [0, 0.05) is 29.4 Å². The zero-order valence-corrected chi connectivity index (χ0v) is 14.1. The number of benzene rings is 1. The molecule has 0 aliphatic rings. The van der Waals surface area contributed by atoms with E-state index >= 15 is 0 Å². The highest BCUT2D eigenvalue weighted by molar-refractivity contribution is 7.99. The average molecular weight is 350 g/mol. The van der Waals surface area contributed by atoms with Gasteiger partial charge in [-0.3, -0.25) is 9.59 Å². The van der Waals surface area contributed by atoms with E-state index in [2.05, 4.69) is 10.3 Å². The molecule has 128 valence electrons. The van der Waals surface area contributed by atoms with Gasteiger partial charge in [-0.2, -0.15) is 0 Å². The fourth-order valence-corrected chi connectivity index (χ4v) is 2.64. The van der Waals surface area contributed by atoms with Gasteiger partial charge in [0.05, 0.1) is 12.4 Å². The number of amides is 1.